The van der Waals surface area contributed by atoms with Gasteiger partial charge in [-0.25, -0.2) is 9.59 Å². The van der Waals surface area contributed by atoms with Crippen LogP contribution in [0.4, 0.5) is 4.79 Å². The van der Waals surface area contributed by atoms with Crippen LogP contribution in [0.1, 0.15) is 26.1 Å². The van der Waals surface area contributed by atoms with Gasteiger partial charge in [0.25, 0.3) is 0 Å². The first-order chi connectivity index (χ1) is 8.49. The van der Waals surface area contributed by atoms with Crippen molar-refractivity contribution in [2.45, 2.75) is 32.9 Å². The quantitative estimate of drug-likeness (QED) is 0.676. The minimum atomic E-state index is -1.06. The van der Waals surface area contributed by atoms with Gasteiger partial charge in [0.1, 0.15) is 6.04 Å². The second-order valence-corrected chi connectivity index (χ2v) is 4.19. The number of urea groups is 1. The third-order valence-corrected chi connectivity index (χ3v) is 2.12. The van der Waals surface area contributed by atoms with Crippen molar-refractivity contribution in [3.8, 4) is 0 Å². The van der Waals surface area contributed by atoms with Crippen LogP contribution in [0.15, 0.2) is 10.9 Å². The van der Waals surface area contributed by atoms with Gasteiger partial charge in [-0.05, 0) is 12.3 Å². The second-order valence-electron chi connectivity index (χ2n) is 4.19. The third kappa shape index (κ3) is 4.81. The van der Waals surface area contributed by atoms with E-state index in [1.54, 1.807) is 0 Å². The van der Waals surface area contributed by atoms with Gasteiger partial charge in [0.2, 0.25) is 6.39 Å². The summed E-state index contributed by atoms with van der Waals surface area (Å²) in [6.07, 6.45) is 1.51. The van der Waals surface area contributed by atoms with E-state index in [0.29, 0.717) is 12.2 Å². The highest BCUT2D eigenvalue weighted by Gasteiger charge is 2.20. The number of aromatic nitrogens is 2. The van der Waals surface area contributed by atoms with E-state index in [2.05, 4.69) is 25.3 Å². The molecule has 0 bridgehead atoms. The largest absolute Gasteiger partial charge is 0.480 e. The van der Waals surface area contributed by atoms with Crippen LogP contribution in [0.3, 0.4) is 0 Å². The molecule has 1 aromatic rings. The van der Waals surface area contributed by atoms with Gasteiger partial charge in [-0.1, -0.05) is 19.0 Å². The summed E-state index contributed by atoms with van der Waals surface area (Å²) in [4.78, 5) is 26.1. The summed E-state index contributed by atoms with van der Waals surface area (Å²) in [6.45, 7) is 3.85. The highest BCUT2D eigenvalue weighted by atomic mass is 16.5. The van der Waals surface area contributed by atoms with E-state index in [1.807, 2.05) is 13.8 Å². The molecular formula is C10H16N4O4. The van der Waals surface area contributed by atoms with Crippen LogP contribution in [-0.2, 0) is 11.3 Å². The number of rotatable bonds is 6. The van der Waals surface area contributed by atoms with E-state index < -0.39 is 18.0 Å². The molecule has 0 aliphatic heterocycles. The van der Waals surface area contributed by atoms with Crippen LogP contribution in [-0.4, -0.2) is 33.3 Å². The molecule has 0 saturated carbocycles. The molecule has 0 aliphatic carbocycles. The summed E-state index contributed by atoms with van der Waals surface area (Å²) in [5.74, 6) is -0.567. The molecular weight excluding hydrogens is 240 g/mol. The fourth-order valence-electron chi connectivity index (χ4n) is 1.33. The van der Waals surface area contributed by atoms with Crippen molar-refractivity contribution in [1.29, 1.82) is 0 Å². The summed E-state index contributed by atoms with van der Waals surface area (Å²) >= 11 is 0. The lowest BCUT2D eigenvalue weighted by molar-refractivity contribution is -0.139. The Bertz CT molecular complexity index is 391. The van der Waals surface area contributed by atoms with Gasteiger partial charge in [0.05, 0.1) is 6.54 Å². The molecule has 0 aromatic carbocycles. The van der Waals surface area contributed by atoms with Crippen LogP contribution in [0.5, 0.6) is 0 Å². The number of carboxylic acids is 1. The molecule has 100 valence electrons. The number of hydrogen-bond acceptors (Lipinski definition) is 5. The van der Waals surface area contributed by atoms with E-state index in [-0.39, 0.29) is 12.5 Å². The van der Waals surface area contributed by atoms with Gasteiger partial charge in [0.15, 0.2) is 5.82 Å². The van der Waals surface area contributed by atoms with E-state index in [4.69, 9.17) is 5.11 Å². The molecule has 0 saturated heterocycles. The molecule has 0 fully saturated rings. The fourth-order valence-corrected chi connectivity index (χ4v) is 1.33. The van der Waals surface area contributed by atoms with Crippen LogP contribution >= 0.6 is 0 Å². The van der Waals surface area contributed by atoms with E-state index in [1.165, 1.54) is 0 Å². The number of carbonyl (C=O) groups is 2. The standard InChI is InChI=1S/C10H16N4O4/c1-6(2)3-7(9(15)16)13-10(17)11-4-8-12-5-18-14-8/h5-7H,3-4H2,1-2H3,(H,15,16)(H2,11,13,17). The molecule has 1 unspecified atom stereocenters. The predicted molar refractivity (Wildman–Crippen MR) is 60.5 cm³/mol. The lowest BCUT2D eigenvalue weighted by Crippen LogP contribution is -2.46. The molecule has 0 spiro atoms. The molecule has 0 aliphatic rings. The minimum absolute atomic E-state index is 0.0797. The Morgan fingerprint density at radius 3 is 2.72 bits per heavy atom. The number of amides is 2. The summed E-state index contributed by atoms with van der Waals surface area (Å²) < 4.78 is 4.49. The topological polar surface area (TPSA) is 117 Å². The van der Waals surface area contributed by atoms with Crippen molar-refractivity contribution in [2.75, 3.05) is 0 Å². The van der Waals surface area contributed by atoms with Crippen molar-refractivity contribution in [3.05, 3.63) is 12.2 Å². The molecule has 1 aromatic heterocycles. The van der Waals surface area contributed by atoms with E-state index in [9.17, 15) is 9.59 Å². The zero-order chi connectivity index (χ0) is 13.5. The van der Waals surface area contributed by atoms with Crippen LogP contribution in [0, 0.1) is 5.92 Å². The van der Waals surface area contributed by atoms with Crippen LogP contribution in [0.25, 0.3) is 0 Å². The molecule has 0 radical (unpaired) electrons. The van der Waals surface area contributed by atoms with Crippen molar-refractivity contribution in [3.63, 3.8) is 0 Å². The second kappa shape index (κ2) is 6.58. The van der Waals surface area contributed by atoms with E-state index in [0.717, 1.165) is 6.39 Å². The Morgan fingerprint density at radius 2 is 2.22 bits per heavy atom. The first-order valence-corrected chi connectivity index (χ1v) is 5.51. The normalized spacial score (nSPS) is 12.2. The monoisotopic (exact) mass is 256 g/mol. The average Bonchev–Trinajstić information content (AvgIpc) is 2.77. The number of carbonyl (C=O) groups excluding carboxylic acids is 1. The zero-order valence-electron chi connectivity index (χ0n) is 10.2. The minimum Gasteiger partial charge on any atom is -0.480 e. The summed E-state index contributed by atoms with van der Waals surface area (Å²) in [6, 6.07) is -1.48. The maximum atomic E-state index is 11.5. The van der Waals surface area contributed by atoms with Crippen molar-refractivity contribution >= 4 is 12.0 Å². The maximum absolute atomic E-state index is 11.5. The number of nitrogens with zero attached hydrogens (tertiary/aromatic N) is 2. The Labute approximate surface area is 104 Å². The van der Waals surface area contributed by atoms with Gasteiger partial charge in [0, 0.05) is 0 Å². The smallest absolute Gasteiger partial charge is 0.326 e. The Hall–Kier alpha value is -2.12. The first-order valence-electron chi connectivity index (χ1n) is 5.51. The summed E-state index contributed by atoms with van der Waals surface area (Å²) in [7, 11) is 0. The van der Waals surface area contributed by atoms with Gasteiger partial charge in [-0.2, -0.15) is 4.98 Å². The first kappa shape index (κ1) is 13.9. The maximum Gasteiger partial charge on any atom is 0.326 e. The number of aliphatic carboxylic acids is 1. The zero-order valence-corrected chi connectivity index (χ0v) is 10.2. The molecule has 18 heavy (non-hydrogen) atoms. The van der Waals surface area contributed by atoms with Crippen molar-refractivity contribution in [2.24, 2.45) is 5.92 Å². The number of nitrogens with one attached hydrogen (secondary N) is 2. The molecule has 1 heterocycles. The molecule has 1 rings (SSSR count). The average molecular weight is 256 g/mol. The third-order valence-electron chi connectivity index (χ3n) is 2.12. The Morgan fingerprint density at radius 1 is 1.50 bits per heavy atom. The molecule has 8 heteroatoms. The predicted octanol–water partition coefficient (Wildman–Crippen LogP) is 0.368. The van der Waals surface area contributed by atoms with Gasteiger partial charge in [-0.3, -0.25) is 0 Å². The highest BCUT2D eigenvalue weighted by Crippen LogP contribution is 2.04. The molecule has 1 atom stereocenters. The number of hydrogen-bond donors (Lipinski definition) is 3. The van der Waals surface area contributed by atoms with Crippen molar-refractivity contribution in [1.82, 2.24) is 20.8 Å². The van der Waals surface area contributed by atoms with Crippen LogP contribution < -0.4 is 10.6 Å². The van der Waals surface area contributed by atoms with E-state index >= 15 is 0 Å². The molecule has 8 nitrogen and oxygen atoms in total. The SMILES string of the molecule is CC(C)CC(NC(=O)NCc1ncon1)C(=O)O. The lowest BCUT2D eigenvalue weighted by Gasteiger charge is -2.16. The molecule has 2 amide bonds. The highest BCUT2D eigenvalue weighted by molar-refractivity contribution is 5.82. The fraction of sp³-hybridized carbons (Fsp3) is 0.600. The van der Waals surface area contributed by atoms with Gasteiger partial charge >= 0.3 is 12.0 Å². The van der Waals surface area contributed by atoms with Crippen LogP contribution in [0.2, 0.25) is 0 Å². The Balaban J connectivity index is 2.39. The van der Waals surface area contributed by atoms with Gasteiger partial charge < -0.3 is 20.3 Å². The number of carboxylic acid groups (broad SMARTS) is 1. The van der Waals surface area contributed by atoms with Gasteiger partial charge in [-0.15, -0.1) is 0 Å². The Kier molecular flexibility index (Phi) is 5.09. The molecule has 3 N–H and O–H groups in total. The summed E-state index contributed by atoms with van der Waals surface area (Å²) in [5.41, 5.74) is 0. The summed E-state index contributed by atoms with van der Waals surface area (Å²) in [5, 5.41) is 17.3. The lowest BCUT2D eigenvalue weighted by atomic mass is 10.0. The van der Waals surface area contributed by atoms with Crippen molar-refractivity contribution < 1.29 is 19.2 Å².